The van der Waals surface area contributed by atoms with Crippen molar-refractivity contribution in [2.75, 3.05) is 6.54 Å². The highest BCUT2D eigenvalue weighted by atomic mass is 35.5. The van der Waals surface area contributed by atoms with E-state index in [-0.39, 0.29) is 35.6 Å². The van der Waals surface area contributed by atoms with Gasteiger partial charge in [-0.15, -0.1) is 0 Å². The molecular formula is C20H19ClFNO3. The van der Waals surface area contributed by atoms with Crippen LogP contribution in [0.25, 0.3) is 0 Å². The molecule has 0 saturated carbocycles. The van der Waals surface area contributed by atoms with Gasteiger partial charge in [0.05, 0.1) is 17.0 Å². The van der Waals surface area contributed by atoms with E-state index in [9.17, 15) is 14.0 Å². The summed E-state index contributed by atoms with van der Waals surface area (Å²) in [6.07, 6.45) is 0.0982. The molecule has 2 aromatic carbocycles. The first kappa shape index (κ1) is 18.4. The number of benzene rings is 2. The summed E-state index contributed by atoms with van der Waals surface area (Å²) in [5, 5.41) is 0.208. The van der Waals surface area contributed by atoms with Crippen LogP contribution in [0.15, 0.2) is 48.5 Å². The number of amides is 1. The number of ether oxygens (including phenoxy) is 1. The lowest BCUT2D eigenvalue weighted by Gasteiger charge is -2.25. The Kier molecular flexibility index (Phi) is 5.57. The van der Waals surface area contributed by atoms with Crippen molar-refractivity contribution in [3.63, 3.8) is 0 Å². The Balaban J connectivity index is 1.62. The minimum atomic E-state index is -0.556. The highest BCUT2D eigenvalue weighted by Crippen LogP contribution is 2.29. The number of likely N-dealkylation sites (tertiary alicyclic amines) is 1. The molecule has 1 fully saturated rings. The van der Waals surface area contributed by atoms with Gasteiger partial charge >= 0.3 is 5.97 Å². The van der Waals surface area contributed by atoms with Crippen LogP contribution in [0.3, 0.4) is 0 Å². The van der Waals surface area contributed by atoms with Gasteiger partial charge in [0.2, 0.25) is 5.91 Å². The molecule has 1 aliphatic heterocycles. The van der Waals surface area contributed by atoms with Crippen molar-refractivity contribution in [1.29, 1.82) is 0 Å². The molecule has 4 nitrogen and oxygen atoms in total. The summed E-state index contributed by atoms with van der Waals surface area (Å²) in [5.74, 6) is -1.68. The molecule has 0 N–H and O–H groups in total. The molecule has 1 saturated heterocycles. The zero-order chi connectivity index (χ0) is 18.7. The third-order valence-corrected chi connectivity index (χ3v) is 5.02. The van der Waals surface area contributed by atoms with Gasteiger partial charge in [-0.1, -0.05) is 48.0 Å². The second kappa shape index (κ2) is 7.87. The Labute approximate surface area is 156 Å². The van der Waals surface area contributed by atoms with Gasteiger partial charge in [0.1, 0.15) is 12.4 Å². The summed E-state index contributed by atoms with van der Waals surface area (Å²) in [6, 6.07) is 13.8. The lowest BCUT2D eigenvalue weighted by molar-refractivity contribution is -0.149. The van der Waals surface area contributed by atoms with Gasteiger partial charge in [-0.05, 0) is 24.6 Å². The van der Waals surface area contributed by atoms with Crippen molar-refractivity contribution in [2.24, 2.45) is 5.92 Å². The second-order valence-electron chi connectivity index (χ2n) is 6.34. The molecule has 0 spiro atoms. The summed E-state index contributed by atoms with van der Waals surface area (Å²) in [4.78, 5) is 26.3. The van der Waals surface area contributed by atoms with Crippen molar-refractivity contribution < 1.29 is 18.7 Å². The zero-order valence-electron chi connectivity index (χ0n) is 14.3. The van der Waals surface area contributed by atoms with Crippen LogP contribution in [0.4, 0.5) is 4.39 Å². The Hall–Kier alpha value is -2.40. The monoisotopic (exact) mass is 375 g/mol. The summed E-state index contributed by atoms with van der Waals surface area (Å²) in [5.41, 5.74) is 1.15. The molecule has 1 heterocycles. The fraction of sp³-hybridized carbons (Fsp3) is 0.300. The number of esters is 1. The van der Waals surface area contributed by atoms with Crippen LogP contribution < -0.4 is 0 Å². The third-order valence-electron chi connectivity index (χ3n) is 4.66. The zero-order valence-corrected chi connectivity index (χ0v) is 15.1. The largest absolute Gasteiger partial charge is 0.460 e. The smallest absolute Gasteiger partial charge is 0.311 e. The maximum Gasteiger partial charge on any atom is 0.311 e. The maximum atomic E-state index is 13.8. The molecule has 0 aromatic heterocycles. The summed E-state index contributed by atoms with van der Waals surface area (Å²) < 4.78 is 19.0. The second-order valence-corrected chi connectivity index (χ2v) is 6.75. The van der Waals surface area contributed by atoms with Crippen molar-refractivity contribution in [2.45, 2.75) is 26.0 Å². The van der Waals surface area contributed by atoms with Gasteiger partial charge in [0, 0.05) is 18.5 Å². The van der Waals surface area contributed by atoms with E-state index in [0.29, 0.717) is 6.54 Å². The molecule has 0 aliphatic carbocycles. The Morgan fingerprint density at radius 3 is 2.69 bits per heavy atom. The van der Waals surface area contributed by atoms with Crippen molar-refractivity contribution in [3.8, 4) is 0 Å². The lowest BCUT2D eigenvalue weighted by Crippen LogP contribution is -2.29. The van der Waals surface area contributed by atoms with Crippen molar-refractivity contribution >= 4 is 23.5 Å². The number of hydrogen-bond acceptors (Lipinski definition) is 3. The molecule has 2 atom stereocenters. The van der Waals surface area contributed by atoms with E-state index in [0.717, 1.165) is 5.56 Å². The Morgan fingerprint density at radius 1 is 1.27 bits per heavy atom. The Morgan fingerprint density at radius 2 is 2.00 bits per heavy atom. The first-order valence-corrected chi connectivity index (χ1v) is 8.79. The number of halogens is 2. The average Bonchev–Trinajstić information content (AvgIpc) is 3.03. The van der Waals surface area contributed by atoms with Gasteiger partial charge in [-0.3, -0.25) is 9.59 Å². The fourth-order valence-electron chi connectivity index (χ4n) is 3.11. The average molecular weight is 376 g/mol. The van der Waals surface area contributed by atoms with Crippen molar-refractivity contribution in [1.82, 2.24) is 4.90 Å². The Bertz CT molecular complexity index is 792. The van der Waals surface area contributed by atoms with Gasteiger partial charge < -0.3 is 9.64 Å². The molecular weight excluding hydrogens is 357 g/mol. The van der Waals surface area contributed by atoms with E-state index >= 15 is 0 Å². The molecule has 0 unspecified atom stereocenters. The molecule has 6 heteroatoms. The van der Waals surface area contributed by atoms with Crippen LogP contribution in [0.1, 0.15) is 30.5 Å². The van der Waals surface area contributed by atoms with Crippen LogP contribution in [0, 0.1) is 11.7 Å². The summed E-state index contributed by atoms with van der Waals surface area (Å²) in [6.45, 7) is 1.97. The fourth-order valence-corrected chi connectivity index (χ4v) is 3.32. The van der Waals surface area contributed by atoms with Crippen LogP contribution >= 0.6 is 11.6 Å². The van der Waals surface area contributed by atoms with E-state index in [1.807, 2.05) is 37.3 Å². The predicted molar refractivity (Wildman–Crippen MR) is 95.9 cm³/mol. The quantitative estimate of drug-likeness (QED) is 0.738. The predicted octanol–water partition coefficient (Wildman–Crippen LogP) is 4.13. The number of carbonyl (C=O) groups excluding carboxylic acids is 2. The molecule has 0 bridgehead atoms. The molecule has 2 aromatic rings. The van der Waals surface area contributed by atoms with Gasteiger partial charge in [0.15, 0.2) is 0 Å². The van der Waals surface area contributed by atoms with Gasteiger partial charge in [-0.25, -0.2) is 4.39 Å². The normalized spacial score (nSPS) is 18.0. The first-order chi connectivity index (χ1) is 12.5. The molecule has 1 aliphatic rings. The van der Waals surface area contributed by atoms with E-state index in [1.165, 1.54) is 18.2 Å². The highest BCUT2D eigenvalue weighted by molar-refractivity contribution is 6.31. The van der Waals surface area contributed by atoms with E-state index < -0.39 is 17.7 Å². The highest BCUT2D eigenvalue weighted by Gasteiger charge is 2.38. The molecule has 1 amide bonds. The molecule has 26 heavy (non-hydrogen) atoms. The van der Waals surface area contributed by atoms with E-state index in [2.05, 4.69) is 0 Å². The number of nitrogens with zero attached hydrogens (tertiary/aromatic N) is 1. The number of carbonyl (C=O) groups is 2. The van der Waals surface area contributed by atoms with Crippen LogP contribution in [0.2, 0.25) is 5.02 Å². The van der Waals surface area contributed by atoms with Crippen molar-refractivity contribution in [3.05, 3.63) is 70.5 Å². The number of hydrogen-bond donors (Lipinski definition) is 0. The molecule has 136 valence electrons. The summed E-state index contributed by atoms with van der Waals surface area (Å²) >= 11 is 5.93. The molecule has 0 radical (unpaired) electrons. The van der Waals surface area contributed by atoms with Gasteiger partial charge in [-0.2, -0.15) is 0 Å². The van der Waals surface area contributed by atoms with Crippen LogP contribution in [-0.4, -0.2) is 23.3 Å². The standard InChI is InChI=1S/C20H19ClFNO3/c1-13(14-6-3-2-4-7-14)23-11-15(10-19(23)24)20(25)26-12-16-17(21)8-5-9-18(16)22/h2-9,13,15H,10-12H2,1H3/t13-,15-/m1/s1. The number of rotatable bonds is 5. The first-order valence-electron chi connectivity index (χ1n) is 8.41. The van der Waals surface area contributed by atoms with Crippen LogP contribution in [-0.2, 0) is 20.9 Å². The molecule has 3 rings (SSSR count). The third kappa shape index (κ3) is 3.88. The minimum absolute atomic E-state index is 0.0905. The van der Waals surface area contributed by atoms with Gasteiger partial charge in [0.25, 0.3) is 0 Å². The summed E-state index contributed by atoms with van der Waals surface area (Å²) in [7, 11) is 0. The van der Waals surface area contributed by atoms with Crippen LogP contribution in [0.5, 0.6) is 0 Å². The minimum Gasteiger partial charge on any atom is -0.460 e. The maximum absolute atomic E-state index is 13.8. The topological polar surface area (TPSA) is 46.6 Å². The van der Waals surface area contributed by atoms with E-state index in [1.54, 1.807) is 4.90 Å². The lowest BCUT2D eigenvalue weighted by atomic mass is 10.1. The SMILES string of the molecule is C[C@H](c1ccccc1)N1C[C@H](C(=O)OCc2c(F)cccc2Cl)CC1=O. The van der Waals surface area contributed by atoms with E-state index in [4.69, 9.17) is 16.3 Å².